The molecule has 2 heterocycles. The molecule has 2 unspecified atom stereocenters. The van der Waals surface area contributed by atoms with Gasteiger partial charge in [0.1, 0.15) is 17.5 Å². The first kappa shape index (κ1) is 26.3. The summed E-state index contributed by atoms with van der Waals surface area (Å²) in [6.45, 7) is -0.343. The normalized spacial score (nSPS) is 15.0. The van der Waals surface area contributed by atoms with E-state index in [4.69, 9.17) is 4.74 Å². The number of nitrogens with one attached hydrogen (secondary N) is 1. The number of carbonyl (C=O) groups excluding carboxylic acids is 2. The van der Waals surface area contributed by atoms with E-state index in [1.807, 2.05) is 0 Å². The Kier molecular flexibility index (Phi) is 7.91. The van der Waals surface area contributed by atoms with Crippen LogP contribution in [-0.2, 0) is 45.4 Å². The second-order valence-corrected chi connectivity index (χ2v) is 9.79. The van der Waals surface area contributed by atoms with Crippen molar-refractivity contribution in [3.05, 3.63) is 77.4 Å². The summed E-state index contributed by atoms with van der Waals surface area (Å²) >= 11 is 0. The van der Waals surface area contributed by atoms with Gasteiger partial charge in [0.2, 0.25) is 17.6 Å². The number of benzene rings is 2. The first-order valence-corrected chi connectivity index (χ1v) is 12.7. The lowest BCUT2D eigenvalue weighted by atomic mass is 10.1. The summed E-state index contributed by atoms with van der Waals surface area (Å²) < 4.78 is 58.1. The number of alkyl halides is 3. The largest absolute Gasteiger partial charge is 0.497 e. The van der Waals surface area contributed by atoms with Gasteiger partial charge in [0.05, 0.1) is 13.7 Å². The number of aromatic nitrogens is 3. The van der Waals surface area contributed by atoms with Crippen LogP contribution in [0.25, 0.3) is 0 Å². The van der Waals surface area contributed by atoms with Crippen molar-refractivity contribution in [3.63, 3.8) is 0 Å². The molecule has 37 heavy (non-hydrogen) atoms. The molecule has 0 saturated heterocycles. The maximum Gasteiger partial charge on any atom is 0.451 e. The van der Waals surface area contributed by atoms with Crippen molar-refractivity contribution in [2.24, 2.45) is 0 Å². The molecule has 3 aromatic rings. The zero-order valence-corrected chi connectivity index (χ0v) is 20.6. The topological polar surface area (TPSA) is 106 Å². The van der Waals surface area contributed by atoms with Crippen LogP contribution < -0.4 is 10.1 Å². The summed E-state index contributed by atoms with van der Waals surface area (Å²) in [6.07, 6.45) is -4.65. The molecular formula is C24H24F3N5O4S. The molecule has 2 aromatic carbocycles. The van der Waals surface area contributed by atoms with Gasteiger partial charge in [-0.1, -0.05) is 42.5 Å². The van der Waals surface area contributed by atoms with Crippen LogP contribution in [-0.4, -0.2) is 55.1 Å². The van der Waals surface area contributed by atoms with Gasteiger partial charge < -0.3 is 19.5 Å². The monoisotopic (exact) mass is 535 g/mol. The molecule has 4 rings (SSSR count). The summed E-state index contributed by atoms with van der Waals surface area (Å²) in [5.74, 6) is -1.73. The minimum absolute atomic E-state index is 0.00524. The third-order valence-electron chi connectivity index (χ3n) is 5.78. The Hall–Kier alpha value is -3.74. The van der Waals surface area contributed by atoms with E-state index in [-0.39, 0.29) is 37.0 Å². The van der Waals surface area contributed by atoms with Crippen molar-refractivity contribution in [2.75, 3.05) is 19.4 Å². The van der Waals surface area contributed by atoms with Crippen LogP contribution in [0.3, 0.4) is 0 Å². The van der Waals surface area contributed by atoms with Crippen LogP contribution in [0.15, 0.2) is 54.6 Å². The number of ether oxygens (including phenoxy) is 1. The number of nitrogens with zero attached hydrogens (tertiary/aromatic N) is 4. The number of amides is 2. The van der Waals surface area contributed by atoms with E-state index >= 15 is 0 Å². The molecule has 1 aliphatic rings. The van der Waals surface area contributed by atoms with Crippen LogP contribution in [0.4, 0.5) is 13.2 Å². The molecular weight excluding hydrogens is 511 g/mol. The highest BCUT2D eigenvalue weighted by molar-refractivity contribution is 7.84. The molecule has 0 radical (unpaired) electrons. The van der Waals surface area contributed by atoms with E-state index in [1.54, 1.807) is 54.6 Å². The highest BCUT2D eigenvalue weighted by atomic mass is 32.2. The maximum atomic E-state index is 13.4. The Morgan fingerprint density at radius 1 is 1.08 bits per heavy atom. The SMILES string of the molecule is COc1ccc(CS(=O)CC(=O)NC(C(=O)N2CCn3c(nnc3C(F)(F)F)C2)c2ccccc2)cc1. The van der Waals surface area contributed by atoms with Crippen LogP contribution in [0.2, 0.25) is 0 Å². The van der Waals surface area contributed by atoms with Gasteiger partial charge >= 0.3 is 6.18 Å². The van der Waals surface area contributed by atoms with Crippen molar-refractivity contribution >= 4 is 22.6 Å². The van der Waals surface area contributed by atoms with Crippen LogP contribution in [0.5, 0.6) is 5.75 Å². The third kappa shape index (κ3) is 6.34. The Morgan fingerprint density at radius 3 is 2.43 bits per heavy atom. The van der Waals surface area contributed by atoms with Crippen LogP contribution in [0.1, 0.15) is 28.8 Å². The minimum atomic E-state index is -4.65. The molecule has 0 spiro atoms. The Labute approximate surface area is 213 Å². The average Bonchev–Trinajstić information content (AvgIpc) is 3.32. The molecule has 0 saturated carbocycles. The molecule has 0 bridgehead atoms. The van der Waals surface area contributed by atoms with E-state index in [0.717, 1.165) is 10.1 Å². The van der Waals surface area contributed by atoms with E-state index in [2.05, 4.69) is 15.5 Å². The second kappa shape index (κ2) is 11.1. The first-order chi connectivity index (χ1) is 17.7. The van der Waals surface area contributed by atoms with Gasteiger partial charge in [-0.2, -0.15) is 13.2 Å². The molecule has 0 fully saturated rings. The fourth-order valence-electron chi connectivity index (χ4n) is 3.98. The lowest BCUT2D eigenvalue weighted by molar-refractivity contribution is -0.148. The molecule has 196 valence electrons. The minimum Gasteiger partial charge on any atom is -0.497 e. The van der Waals surface area contributed by atoms with Gasteiger partial charge in [0.15, 0.2) is 5.82 Å². The molecule has 0 aliphatic carbocycles. The van der Waals surface area contributed by atoms with E-state index in [9.17, 15) is 27.0 Å². The number of hydrogen-bond donors (Lipinski definition) is 1. The quantitative estimate of drug-likeness (QED) is 0.475. The number of halogens is 3. The number of carbonyl (C=O) groups is 2. The van der Waals surface area contributed by atoms with Crippen molar-refractivity contribution in [2.45, 2.75) is 31.1 Å². The van der Waals surface area contributed by atoms with Crippen molar-refractivity contribution < 1.29 is 31.7 Å². The summed E-state index contributed by atoms with van der Waals surface area (Å²) in [7, 11) is -0.00358. The predicted octanol–water partition coefficient (Wildman–Crippen LogP) is 2.45. The maximum absolute atomic E-state index is 13.4. The Balaban J connectivity index is 1.45. The lowest BCUT2D eigenvalue weighted by Crippen LogP contribution is -2.47. The predicted molar refractivity (Wildman–Crippen MR) is 127 cm³/mol. The summed E-state index contributed by atoms with van der Waals surface area (Å²) in [5, 5.41) is 9.49. The molecule has 9 nitrogen and oxygen atoms in total. The fourth-order valence-corrected chi connectivity index (χ4v) is 5.02. The lowest BCUT2D eigenvalue weighted by Gasteiger charge is -2.31. The van der Waals surface area contributed by atoms with E-state index in [0.29, 0.717) is 11.3 Å². The standard InChI is InChI=1S/C24H24F3N5O4S/c1-36-18-9-7-16(8-10-18)14-37(35)15-20(33)28-21(17-5-3-2-4-6-17)22(34)31-11-12-32-19(13-31)29-30-23(32)24(25,26)27/h2-10,21H,11-15H2,1H3,(H,28,33). The van der Waals surface area contributed by atoms with Gasteiger partial charge in [0, 0.05) is 29.6 Å². The van der Waals surface area contributed by atoms with Crippen LogP contribution >= 0.6 is 0 Å². The number of methoxy groups -OCH3 is 1. The summed E-state index contributed by atoms with van der Waals surface area (Å²) in [4.78, 5) is 27.5. The number of fused-ring (bicyclic) bond motifs is 1. The van der Waals surface area contributed by atoms with Crippen LogP contribution in [0, 0.1) is 0 Å². The van der Waals surface area contributed by atoms with E-state index < -0.39 is 40.7 Å². The Morgan fingerprint density at radius 2 is 1.78 bits per heavy atom. The van der Waals surface area contributed by atoms with Gasteiger partial charge in [0.25, 0.3) is 0 Å². The van der Waals surface area contributed by atoms with Gasteiger partial charge in [-0.05, 0) is 23.3 Å². The molecule has 1 aliphatic heterocycles. The smallest absolute Gasteiger partial charge is 0.451 e. The Bertz CT molecular complexity index is 1280. The molecule has 2 amide bonds. The molecule has 1 aromatic heterocycles. The first-order valence-electron chi connectivity index (χ1n) is 11.3. The highest BCUT2D eigenvalue weighted by Crippen LogP contribution is 2.30. The fraction of sp³-hybridized carbons (Fsp3) is 0.333. The summed E-state index contributed by atoms with van der Waals surface area (Å²) in [6, 6.07) is 14.3. The summed E-state index contributed by atoms with van der Waals surface area (Å²) in [5.41, 5.74) is 1.25. The second-order valence-electron chi connectivity index (χ2n) is 8.34. The zero-order chi connectivity index (χ0) is 26.6. The van der Waals surface area contributed by atoms with Gasteiger partial charge in [-0.25, -0.2) is 0 Å². The van der Waals surface area contributed by atoms with Crippen molar-refractivity contribution in [1.82, 2.24) is 25.0 Å². The molecule has 1 N–H and O–H groups in total. The average molecular weight is 536 g/mol. The van der Waals surface area contributed by atoms with Crippen molar-refractivity contribution in [3.8, 4) is 5.75 Å². The van der Waals surface area contributed by atoms with E-state index in [1.165, 1.54) is 12.0 Å². The number of hydrogen-bond acceptors (Lipinski definition) is 6. The third-order valence-corrected chi connectivity index (χ3v) is 7.02. The van der Waals surface area contributed by atoms with Gasteiger partial charge in [-0.15, -0.1) is 10.2 Å². The number of rotatable bonds is 8. The van der Waals surface area contributed by atoms with Gasteiger partial charge in [-0.3, -0.25) is 13.8 Å². The molecule has 13 heteroatoms. The van der Waals surface area contributed by atoms with Crippen molar-refractivity contribution in [1.29, 1.82) is 0 Å². The molecule has 2 atom stereocenters. The highest BCUT2D eigenvalue weighted by Gasteiger charge is 2.40. The zero-order valence-electron chi connectivity index (χ0n) is 19.8.